The quantitative estimate of drug-likeness (QED) is 0.539. The van der Waals surface area contributed by atoms with E-state index in [1.54, 1.807) is 41.8 Å². The summed E-state index contributed by atoms with van der Waals surface area (Å²) in [5.74, 6) is 1.42. The van der Waals surface area contributed by atoms with Crippen LogP contribution < -0.4 is 0 Å². The fraction of sp³-hybridized carbons (Fsp3) is 0.217. The summed E-state index contributed by atoms with van der Waals surface area (Å²) in [6.07, 6.45) is 8.19. The summed E-state index contributed by atoms with van der Waals surface area (Å²) in [4.78, 5) is 13.4. The molecule has 0 radical (unpaired) electrons. The van der Waals surface area contributed by atoms with Crippen LogP contribution >= 0.6 is 11.6 Å². The zero-order chi connectivity index (χ0) is 19.8. The van der Waals surface area contributed by atoms with Crippen LogP contribution in [0.1, 0.15) is 47.2 Å². The van der Waals surface area contributed by atoms with Gasteiger partial charge in [0.1, 0.15) is 17.6 Å². The lowest BCUT2D eigenvalue weighted by Crippen LogP contribution is -2.31. The van der Waals surface area contributed by atoms with Crippen LogP contribution in [-0.4, -0.2) is 16.6 Å². The number of fused-ring (bicyclic) bond motifs is 1. The van der Waals surface area contributed by atoms with Crippen LogP contribution in [-0.2, 0) is 0 Å². The van der Waals surface area contributed by atoms with Crippen LogP contribution in [0, 0.1) is 5.92 Å². The van der Waals surface area contributed by atoms with E-state index in [1.807, 2.05) is 30.3 Å². The predicted molar refractivity (Wildman–Crippen MR) is 111 cm³/mol. The van der Waals surface area contributed by atoms with Gasteiger partial charge in [0, 0.05) is 16.5 Å². The molecule has 0 bridgehead atoms. The molecule has 2 aromatic heterocycles. The fourth-order valence-corrected chi connectivity index (χ4v) is 4.40. The molecule has 1 saturated carbocycles. The number of carbonyl (C=O) groups is 1. The molecule has 6 heteroatoms. The third-order valence-electron chi connectivity index (χ3n) is 5.48. The van der Waals surface area contributed by atoms with Gasteiger partial charge in [-0.25, -0.2) is 5.01 Å². The molecule has 5 nitrogen and oxygen atoms in total. The minimum Gasteiger partial charge on any atom is -0.467 e. The molecule has 3 aromatic rings. The van der Waals surface area contributed by atoms with Crippen LogP contribution in [0.2, 0.25) is 5.02 Å². The van der Waals surface area contributed by atoms with E-state index < -0.39 is 0 Å². The molecule has 2 atom stereocenters. The van der Waals surface area contributed by atoms with Gasteiger partial charge in [-0.05, 0) is 73.4 Å². The molecule has 3 heterocycles. The molecular weight excluding hydrogens is 388 g/mol. The summed E-state index contributed by atoms with van der Waals surface area (Å²) >= 11 is 6.11. The first-order valence-corrected chi connectivity index (χ1v) is 10.0. The van der Waals surface area contributed by atoms with Gasteiger partial charge in [0.05, 0.1) is 18.2 Å². The maximum absolute atomic E-state index is 13.4. The molecule has 1 aliphatic heterocycles. The number of allylic oxidation sites excluding steroid dienone is 1. The molecule has 1 amide bonds. The Labute approximate surface area is 173 Å². The molecule has 0 saturated heterocycles. The molecular formula is C23H19ClN2O3. The minimum absolute atomic E-state index is 0.0826. The Balaban J connectivity index is 1.57. The molecule has 146 valence electrons. The number of rotatable bonds is 3. The number of hydrogen-bond acceptors (Lipinski definition) is 4. The summed E-state index contributed by atoms with van der Waals surface area (Å²) in [6.45, 7) is 0. The van der Waals surface area contributed by atoms with E-state index in [4.69, 9.17) is 25.5 Å². The zero-order valence-electron chi connectivity index (χ0n) is 15.6. The maximum atomic E-state index is 13.4. The highest BCUT2D eigenvalue weighted by Crippen LogP contribution is 2.45. The van der Waals surface area contributed by atoms with Crippen molar-refractivity contribution in [3.8, 4) is 0 Å². The zero-order valence-corrected chi connectivity index (χ0v) is 16.4. The number of nitrogens with zero attached hydrogens (tertiary/aromatic N) is 2. The standard InChI is InChI=1S/C23H19ClN2O3/c24-17-7-1-6-16(13-17)23(27)26-22(20-10-4-12-29-20)19-9-2-5-15(21(19)25-26)14-18-8-3-11-28-18/h1,3-4,6-8,10-14,19,22H,2,5,9H2/b15-14+. The molecule has 1 aliphatic carbocycles. The smallest absolute Gasteiger partial charge is 0.274 e. The highest BCUT2D eigenvalue weighted by molar-refractivity contribution is 6.31. The largest absolute Gasteiger partial charge is 0.467 e. The van der Waals surface area contributed by atoms with Crippen LogP contribution in [0.15, 0.2) is 80.6 Å². The van der Waals surface area contributed by atoms with Crippen molar-refractivity contribution in [1.82, 2.24) is 5.01 Å². The Morgan fingerprint density at radius 1 is 1.14 bits per heavy atom. The summed E-state index contributed by atoms with van der Waals surface area (Å²) in [7, 11) is 0. The lowest BCUT2D eigenvalue weighted by atomic mass is 9.79. The second kappa shape index (κ2) is 7.41. The average Bonchev–Trinajstić information content (AvgIpc) is 3.48. The SMILES string of the molecule is O=C(c1cccc(Cl)c1)N1N=C2/C(=C/c3ccco3)CCCC2C1c1ccco1. The third-order valence-corrected chi connectivity index (χ3v) is 5.71. The molecule has 5 rings (SSSR count). The van der Waals surface area contributed by atoms with Gasteiger partial charge in [0.15, 0.2) is 0 Å². The predicted octanol–water partition coefficient (Wildman–Crippen LogP) is 5.96. The fourth-order valence-electron chi connectivity index (χ4n) is 4.20. The summed E-state index contributed by atoms with van der Waals surface area (Å²) in [5, 5.41) is 6.89. The van der Waals surface area contributed by atoms with Gasteiger partial charge in [-0.15, -0.1) is 0 Å². The molecule has 2 unspecified atom stereocenters. The Morgan fingerprint density at radius 3 is 2.76 bits per heavy atom. The molecule has 29 heavy (non-hydrogen) atoms. The van der Waals surface area contributed by atoms with E-state index in [-0.39, 0.29) is 17.9 Å². The van der Waals surface area contributed by atoms with Gasteiger partial charge in [-0.3, -0.25) is 4.79 Å². The van der Waals surface area contributed by atoms with Crippen LogP contribution in [0.5, 0.6) is 0 Å². The normalized spacial score (nSPS) is 22.6. The van der Waals surface area contributed by atoms with Crippen molar-refractivity contribution in [3.63, 3.8) is 0 Å². The number of benzene rings is 1. The lowest BCUT2D eigenvalue weighted by Gasteiger charge is -2.27. The first-order chi connectivity index (χ1) is 14.2. The van der Waals surface area contributed by atoms with E-state index in [2.05, 4.69) is 0 Å². The van der Waals surface area contributed by atoms with Crippen LogP contribution in [0.4, 0.5) is 0 Å². The van der Waals surface area contributed by atoms with Crippen molar-refractivity contribution in [2.75, 3.05) is 0 Å². The van der Waals surface area contributed by atoms with Crippen LogP contribution in [0.25, 0.3) is 6.08 Å². The topological polar surface area (TPSA) is 59.0 Å². The number of halogens is 1. The summed E-state index contributed by atoms with van der Waals surface area (Å²) in [5.41, 5.74) is 2.55. The van der Waals surface area contributed by atoms with Crippen molar-refractivity contribution in [1.29, 1.82) is 0 Å². The molecule has 1 aromatic carbocycles. The van der Waals surface area contributed by atoms with E-state index >= 15 is 0 Å². The van der Waals surface area contributed by atoms with E-state index in [9.17, 15) is 4.79 Å². The van der Waals surface area contributed by atoms with Gasteiger partial charge in [-0.1, -0.05) is 17.7 Å². The van der Waals surface area contributed by atoms with Crippen molar-refractivity contribution in [3.05, 3.63) is 88.7 Å². The van der Waals surface area contributed by atoms with E-state index in [0.717, 1.165) is 42.1 Å². The first-order valence-electron chi connectivity index (χ1n) is 9.66. The Kier molecular flexibility index (Phi) is 4.60. The highest BCUT2D eigenvalue weighted by atomic mass is 35.5. The Hall–Kier alpha value is -3.05. The van der Waals surface area contributed by atoms with E-state index in [0.29, 0.717) is 10.6 Å². The van der Waals surface area contributed by atoms with Gasteiger partial charge in [0.2, 0.25) is 0 Å². The number of carbonyl (C=O) groups excluding carboxylic acids is 1. The summed E-state index contributed by atoms with van der Waals surface area (Å²) < 4.78 is 11.2. The van der Waals surface area contributed by atoms with Gasteiger partial charge in [0.25, 0.3) is 5.91 Å². The molecule has 2 aliphatic rings. The number of amides is 1. The lowest BCUT2D eigenvalue weighted by molar-refractivity contribution is 0.0656. The monoisotopic (exact) mass is 406 g/mol. The molecule has 0 N–H and O–H groups in total. The van der Waals surface area contributed by atoms with E-state index in [1.165, 1.54) is 0 Å². The second-order valence-corrected chi connectivity index (χ2v) is 7.73. The van der Waals surface area contributed by atoms with Crippen molar-refractivity contribution >= 4 is 29.3 Å². The Morgan fingerprint density at radius 2 is 2.00 bits per heavy atom. The van der Waals surface area contributed by atoms with Crippen molar-refractivity contribution in [2.45, 2.75) is 25.3 Å². The second-order valence-electron chi connectivity index (χ2n) is 7.29. The minimum atomic E-state index is -0.271. The average molecular weight is 407 g/mol. The first kappa shape index (κ1) is 18.0. The Bertz CT molecular complexity index is 1080. The van der Waals surface area contributed by atoms with Gasteiger partial charge >= 0.3 is 0 Å². The molecule has 1 fully saturated rings. The number of hydrazone groups is 1. The van der Waals surface area contributed by atoms with Crippen LogP contribution in [0.3, 0.4) is 0 Å². The highest BCUT2D eigenvalue weighted by Gasteiger charge is 2.45. The molecule has 0 spiro atoms. The van der Waals surface area contributed by atoms with Crippen molar-refractivity contribution < 1.29 is 13.6 Å². The number of hydrogen-bond donors (Lipinski definition) is 0. The third kappa shape index (κ3) is 3.32. The summed E-state index contributed by atoms with van der Waals surface area (Å²) in [6, 6.07) is 14.2. The maximum Gasteiger partial charge on any atom is 0.274 e. The number of furan rings is 2. The van der Waals surface area contributed by atoms with Gasteiger partial charge < -0.3 is 8.83 Å². The van der Waals surface area contributed by atoms with Crippen molar-refractivity contribution in [2.24, 2.45) is 11.0 Å². The van der Waals surface area contributed by atoms with Gasteiger partial charge in [-0.2, -0.15) is 5.10 Å².